The molecule has 0 N–H and O–H groups in total. The standard InChI is InChI=1S/C56H45N5O2/c1-8-35-9-29-46(30-10-35)61-49-31-23-42(36-11-15-38(16-12-36)51-57-59-53(62-51)40-19-25-44(26-20-40)55(2,3)4)33-47(49)48-34-43(24-32-50(48)61)37-13-17-39(18-14-37)52-58-60-54(63-52)41-21-27-45(28-22-41)56(5,6)7/h1,9-34H,2-7H3. The smallest absolute Gasteiger partial charge is 0.248 e. The van der Waals surface area contributed by atoms with E-state index in [1.165, 1.54) is 11.1 Å². The third kappa shape index (κ3) is 7.51. The van der Waals surface area contributed by atoms with Crippen molar-refractivity contribution in [2.45, 2.75) is 52.4 Å². The highest BCUT2D eigenvalue weighted by molar-refractivity contribution is 6.11. The van der Waals surface area contributed by atoms with E-state index in [9.17, 15) is 0 Å². The van der Waals surface area contributed by atoms with Crippen molar-refractivity contribution >= 4 is 21.8 Å². The number of hydrogen-bond donors (Lipinski definition) is 0. The van der Waals surface area contributed by atoms with Gasteiger partial charge in [-0.2, -0.15) is 0 Å². The van der Waals surface area contributed by atoms with Gasteiger partial charge in [0, 0.05) is 44.3 Å². The molecular formula is C56H45N5O2. The summed E-state index contributed by atoms with van der Waals surface area (Å²) in [5, 5.41) is 19.8. The lowest BCUT2D eigenvalue weighted by atomic mass is 9.87. The molecule has 0 aliphatic carbocycles. The predicted octanol–water partition coefficient (Wildman–Crippen LogP) is 14.1. The van der Waals surface area contributed by atoms with E-state index in [4.69, 9.17) is 15.3 Å². The molecule has 3 aromatic heterocycles. The molecule has 10 aromatic rings. The first-order valence-electron chi connectivity index (χ1n) is 21.2. The molecule has 0 radical (unpaired) electrons. The molecule has 0 bridgehead atoms. The van der Waals surface area contributed by atoms with Crippen molar-refractivity contribution in [2.75, 3.05) is 0 Å². The summed E-state index contributed by atoms with van der Waals surface area (Å²) < 4.78 is 14.6. The molecule has 0 spiro atoms. The summed E-state index contributed by atoms with van der Waals surface area (Å²) in [6.45, 7) is 13.2. The molecule has 0 fully saturated rings. The third-order valence-electron chi connectivity index (χ3n) is 11.8. The predicted molar refractivity (Wildman–Crippen MR) is 254 cm³/mol. The normalized spacial score (nSPS) is 12.0. The summed E-state index contributed by atoms with van der Waals surface area (Å²) >= 11 is 0. The monoisotopic (exact) mass is 819 g/mol. The van der Waals surface area contributed by atoms with E-state index >= 15 is 0 Å². The van der Waals surface area contributed by atoms with Gasteiger partial charge in [-0.1, -0.05) is 108 Å². The average Bonchev–Trinajstić information content (AvgIpc) is 4.07. The van der Waals surface area contributed by atoms with Crippen molar-refractivity contribution in [1.29, 1.82) is 0 Å². The lowest BCUT2D eigenvalue weighted by Crippen LogP contribution is -2.10. The summed E-state index contributed by atoms with van der Waals surface area (Å²) in [6.07, 6.45) is 5.73. The Bertz CT molecular complexity index is 3120. The molecule has 7 aromatic carbocycles. The van der Waals surface area contributed by atoms with Gasteiger partial charge < -0.3 is 13.4 Å². The Morgan fingerprint density at radius 1 is 0.397 bits per heavy atom. The fourth-order valence-corrected chi connectivity index (χ4v) is 8.12. The number of hydrogen-bond acceptors (Lipinski definition) is 6. The highest BCUT2D eigenvalue weighted by Crippen LogP contribution is 2.38. The van der Waals surface area contributed by atoms with Gasteiger partial charge in [0.2, 0.25) is 23.6 Å². The maximum atomic E-state index is 6.15. The zero-order valence-corrected chi connectivity index (χ0v) is 36.1. The van der Waals surface area contributed by atoms with Crippen LogP contribution in [0.5, 0.6) is 0 Å². The minimum absolute atomic E-state index is 0.0672. The molecule has 0 amide bonds. The minimum atomic E-state index is 0.0672. The van der Waals surface area contributed by atoms with E-state index in [0.29, 0.717) is 23.6 Å². The molecular weight excluding hydrogens is 775 g/mol. The van der Waals surface area contributed by atoms with E-state index in [0.717, 1.165) is 77.6 Å². The van der Waals surface area contributed by atoms with Crippen LogP contribution in [-0.4, -0.2) is 25.0 Å². The van der Waals surface area contributed by atoms with E-state index < -0.39 is 0 Å². The van der Waals surface area contributed by atoms with Gasteiger partial charge >= 0.3 is 0 Å². The Hall–Kier alpha value is -7.82. The molecule has 7 heteroatoms. The molecule has 0 aliphatic heterocycles. The van der Waals surface area contributed by atoms with Crippen LogP contribution in [0.4, 0.5) is 0 Å². The Morgan fingerprint density at radius 2 is 0.714 bits per heavy atom. The first-order valence-corrected chi connectivity index (χ1v) is 21.2. The van der Waals surface area contributed by atoms with Crippen molar-refractivity contribution in [3.05, 3.63) is 174 Å². The summed E-state index contributed by atoms with van der Waals surface area (Å²) in [5.41, 5.74) is 14.6. The average molecular weight is 820 g/mol. The molecule has 3 heterocycles. The summed E-state index contributed by atoms with van der Waals surface area (Å²) in [4.78, 5) is 0. The van der Waals surface area contributed by atoms with E-state index in [2.05, 4.69) is 169 Å². The van der Waals surface area contributed by atoms with Crippen LogP contribution in [0.1, 0.15) is 58.2 Å². The number of nitrogens with zero attached hydrogens (tertiary/aromatic N) is 5. The fraction of sp³-hybridized carbons (Fsp3) is 0.143. The lowest BCUT2D eigenvalue weighted by molar-refractivity contribution is 0.582. The molecule has 306 valence electrons. The van der Waals surface area contributed by atoms with Crippen LogP contribution in [0, 0.1) is 12.3 Å². The maximum Gasteiger partial charge on any atom is 0.248 e. The van der Waals surface area contributed by atoms with Gasteiger partial charge in [0.25, 0.3) is 0 Å². The van der Waals surface area contributed by atoms with Crippen molar-refractivity contribution < 1.29 is 8.83 Å². The first kappa shape index (κ1) is 39.3. The van der Waals surface area contributed by atoms with Crippen LogP contribution in [0.2, 0.25) is 0 Å². The maximum absolute atomic E-state index is 6.15. The van der Waals surface area contributed by atoms with Crippen LogP contribution in [0.25, 0.3) is 95.6 Å². The van der Waals surface area contributed by atoms with Gasteiger partial charge in [0.05, 0.1) is 11.0 Å². The number of aromatic nitrogens is 5. The quantitative estimate of drug-likeness (QED) is 0.149. The summed E-state index contributed by atoms with van der Waals surface area (Å²) in [6, 6.07) is 54.7. The van der Waals surface area contributed by atoms with Gasteiger partial charge in [-0.05, 0) is 141 Å². The van der Waals surface area contributed by atoms with Gasteiger partial charge in [-0.3, -0.25) is 0 Å². The number of benzene rings is 7. The van der Waals surface area contributed by atoms with Crippen LogP contribution in [0.3, 0.4) is 0 Å². The Morgan fingerprint density at radius 3 is 1.05 bits per heavy atom. The molecule has 0 aliphatic rings. The van der Waals surface area contributed by atoms with Crippen molar-refractivity contribution in [3.8, 4) is 86.1 Å². The Kier molecular flexibility index (Phi) is 9.53. The van der Waals surface area contributed by atoms with Crippen LogP contribution >= 0.6 is 0 Å². The molecule has 0 unspecified atom stereocenters. The number of terminal acetylenes is 1. The van der Waals surface area contributed by atoms with Gasteiger partial charge in [0.1, 0.15) is 0 Å². The van der Waals surface area contributed by atoms with Crippen molar-refractivity contribution in [2.24, 2.45) is 0 Å². The van der Waals surface area contributed by atoms with E-state index in [1.807, 2.05) is 60.7 Å². The van der Waals surface area contributed by atoms with Crippen molar-refractivity contribution in [3.63, 3.8) is 0 Å². The second-order valence-electron chi connectivity index (χ2n) is 18.1. The van der Waals surface area contributed by atoms with Gasteiger partial charge in [0.15, 0.2) is 0 Å². The summed E-state index contributed by atoms with van der Waals surface area (Å²) in [5.74, 6) is 4.71. The third-order valence-corrected chi connectivity index (χ3v) is 11.8. The van der Waals surface area contributed by atoms with Crippen LogP contribution < -0.4 is 0 Å². The molecule has 0 saturated heterocycles. The van der Waals surface area contributed by atoms with E-state index in [1.54, 1.807) is 0 Å². The molecule has 7 nitrogen and oxygen atoms in total. The largest absolute Gasteiger partial charge is 0.416 e. The Labute approximate surface area is 367 Å². The lowest BCUT2D eigenvalue weighted by Gasteiger charge is -2.18. The fourth-order valence-electron chi connectivity index (χ4n) is 8.12. The Balaban J connectivity index is 0.966. The number of fused-ring (bicyclic) bond motifs is 3. The number of rotatable bonds is 7. The highest BCUT2D eigenvalue weighted by Gasteiger charge is 2.19. The molecule has 0 atom stereocenters. The first-order chi connectivity index (χ1) is 30.4. The summed E-state index contributed by atoms with van der Waals surface area (Å²) in [7, 11) is 0. The topological polar surface area (TPSA) is 82.8 Å². The zero-order valence-electron chi connectivity index (χ0n) is 36.1. The van der Waals surface area contributed by atoms with Gasteiger partial charge in [-0.15, -0.1) is 26.8 Å². The second kappa shape index (κ2) is 15.3. The minimum Gasteiger partial charge on any atom is -0.416 e. The molecule has 0 saturated carbocycles. The van der Waals surface area contributed by atoms with Crippen LogP contribution in [-0.2, 0) is 10.8 Å². The van der Waals surface area contributed by atoms with Crippen LogP contribution in [0.15, 0.2) is 167 Å². The zero-order chi connectivity index (χ0) is 43.5. The second-order valence-corrected chi connectivity index (χ2v) is 18.1. The van der Waals surface area contributed by atoms with E-state index in [-0.39, 0.29) is 10.8 Å². The SMILES string of the molecule is C#Cc1ccc(-n2c3ccc(-c4ccc(-c5nnc(-c6ccc(C(C)(C)C)cc6)o5)cc4)cc3c3cc(-c4ccc(-c5nnc(-c6ccc(C(C)(C)C)cc6)o5)cc4)ccc32)cc1. The van der Waals surface area contributed by atoms with Gasteiger partial charge in [-0.25, -0.2) is 0 Å². The molecule has 10 rings (SSSR count). The highest BCUT2D eigenvalue weighted by atomic mass is 16.4. The van der Waals surface area contributed by atoms with Crippen molar-refractivity contribution in [1.82, 2.24) is 25.0 Å². The molecule has 63 heavy (non-hydrogen) atoms.